The summed E-state index contributed by atoms with van der Waals surface area (Å²) in [4.78, 5) is 68.6. The zero-order valence-electron chi connectivity index (χ0n) is 6.18. The fourth-order valence-corrected chi connectivity index (χ4v) is 0. The number of rotatable bonds is 0. The molecule has 0 aliphatic rings. The quantitative estimate of drug-likeness (QED) is 0.390. The van der Waals surface area contributed by atoms with Crippen molar-refractivity contribution in [2.45, 2.75) is 0 Å². The molecule has 12 heteroatoms. The summed E-state index contributed by atoms with van der Waals surface area (Å²) < 4.78 is 0. The summed E-state index contributed by atoms with van der Waals surface area (Å²) in [5.74, 6) is 0. The van der Waals surface area contributed by atoms with E-state index in [4.69, 9.17) is 38.4 Å². The SMILES string of the molecule is [C+4].[Ca+2].[Ca+2].[O-][Si]([O-])([O-])[O-].[O-][Si]([O-])([O-])[O-]. The molecule has 64 valence electrons. The predicted molar refractivity (Wildman–Crippen MR) is 26.3 cm³/mol. The van der Waals surface area contributed by atoms with E-state index in [-0.39, 0.29) is 82.9 Å². The Labute approximate surface area is 137 Å². The fourth-order valence-electron chi connectivity index (χ4n) is 0. The Morgan fingerprint density at radius 2 is 0.462 bits per heavy atom. The first kappa shape index (κ1) is 29.6. The standard InChI is InChI=1S/C.2Ca.2O4Si/c;;;2*1-5(2,3)4/q+4;2*+2;2*-4. The summed E-state index contributed by atoms with van der Waals surface area (Å²) in [6, 6.07) is 0. The third-order valence-electron chi connectivity index (χ3n) is 0. The van der Waals surface area contributed by atoms with Gasteiger partial charge in [0.25, 0.3) is 0 Å². The van der Waals surface area contributed by atoms with Crippen LogP contribution in [0.15, 0.2) is 0 Å². The van der Waals surface area contributed by atoms with E-state index < -0.39 is 18.1 Å². The van der Waals surface area contributed by atoms with E-state index in [1.54, 1.807) is 0 Å². The summed E-state index contributed by atoms with van der Waals surface area (Å²) in [7, 11) is -11.2. The van der Waals surface area contributed by atoms with Crippen molar-refractivity contribution >= 4 is 93.6 Å². The maximum absolute atomic E-state index is 8.58. The molecule has 0 amide bonds. The first-order valence-corrected chi connectivity index (χ1v) is 4.90. The van der Waals surface area contributed by atoms with E-state index in [1.807, 2.05) is 0 Å². The second-order valence-corrected chi connectivity index (χ2v) is 3.00. The van der Waals surface area contributed by atoms with Crippen LogP contribution in [-0.4, -0.2) is 93.6 Å². The molecule has 0 bridgehead atoms. The average molecular weight is 276 g/mol. The van der Waals surface area contributed by atoms with Crippen LogP contribution in [-0.2, 0) is 0 Å². The molecule has 0 heterocycles. The molecule has 0 saturated heterocycles. The molecule has 0 aromatic carbocycles. The Bertz CT molecular complexity index is 63.1. The zero-order valence-corrected chi connectivity index (χ0v) is 12.6. The van der Waals surface area contributed by atoms with Gasteiger partial charge >= 0.3 is 82.9 Å². The van der Waals surface area contributed by atoms with Crippen LogP contribution in [0.1, 0.15) is 0 Å². The van der Waals surface area contributed by atoms with Gasteiger partial charge in [-0.05, 0) is 0 Å². The van der Waals surface area contributed by atoms with Crippen molar-refractivity contribution in [2.24, 2.45) is 0 Å². The maximum Gasteiger partial charge on any atom is 4.00 e. The molecule has 0 aromatic heterocycles. The van der Waals surface area contributed by atoms with Gasteiger partial charge in [-0.1, -0.05) is 0 Å². The molecular formula is CCa2O8Si2. The van der Waals surface area contributed by atoms with Gasteiger partial charge in [0.2, 0.25) is 0 Å². The van der Waals surface area contributed by atoms with Crippen molar-refractivity contribution in [3.63, 3.8) is 0 Å². The molecule has 0 unspecified atom stereocenters. The molecule has 8 nitrogen and oxygen atoms in total. The number of hydrogen-bond donors (Lipinski definition) is 0. The van der Waals surface area contributed by atoms with Crippen molar-refractivity contribution in [3.05, 3.63) is 7.43 Å². The van der Waals surface area contributed by atoms with Gasteiger partial charge in [0.15, 0.2) is 0 Å². The molecule has 0 N–H and O–H groups in total. The Kier molecular flexibility index (Phi) is 28.9. The van der Waals surface area contributed by atoms with Gasteiger partial charge in [0.1, 0.15) is 0 Å². The summed E-state index contributed by atoms with van der Waals surface area (Å²) >= 11 is 0. The minimum absolute atomic E-state index is 0. The van der Waals surface area contributed by atoms with Crippen LogP contribution in [0.4, 0.5) is 0 Å². The van der Waals surface area contributed by atoms with Gasteiger partial charge in [-0.15, -0.1) is 0 Å². The smallest absolute Gasteiger partial charge is 0.894 e. The minimum Gasteiger partial charge on any atom is -0.894 e. The second-order valence-electron chi connectivity index (χ2n) is 1.00. The van der Waals surface area contributed by atoms with Crippen LogP contribution in [0.5, 0.6) is 0 Å². The normalized spacial score (nSPS) is 9.23. The zero-order chi connectivity index (χ0) is 9.00. The molecule has 0 aliphatic heterocycles. The molecule has 0 aromatic rings. The molecule has 0 atom stereocenters. The monoisotopic (exact) mass is 276 g/mol. The van der Waals surface area contributed by atoms with Crippen LogP contribution in [0.25, 0.3) is 0 Å². The molecular weight excluding hydrogens is 276 g/mol. The topological polar surface area (TPSA) is 184 Å². The Hall–Kier alpha value is 2.63. The maximum atomic E-state index is 8.58. The van der Waals surface area contributed by atoms with Gasteiger partial charge in [0, 0.05) is 0 Å². The van der Waals surface area contributed by atoms with E-state index in [1.165, 1.54) is 0 Å². The summed E-state index contributed by atoms with van der Waals surface area (Å²) in [6.07, 6.45) is 0. The van der Waals surface area contributed by atoms with E-state index >= 15 is 0 Å². The van der Waals surface area contributed by atoms with Gasteiger partial charge in [-0.2, -0.15) is 0 Å². The first-order valence-electron chi connectivity index (χ1n) is 1.63. The van der Waals surface area contributed by atoms with Gasteiger partial charge in [0.05, 0.1) is 0 Å². The van der Waals surface area contributed by atoms with Crippen molar-refractivity contribution in [1.29, 1.82) is 0 Å². The van der Waals surface area contributed by atoms with E-state index in [0.717, 1.165) is 0 Å². The molecule has 0 saturated carbocycles. The van der Waals surface area contributed by atoms with E-state index in [2.05, 4.69) is 0 Å². The molecule has 0 aliphatic carbocycles. The van der Waals surface area contributed by atoms with Crippen LogP contribution in [0.2, 0.25) is 0 Å². The van der Waals surface area contributed by atoms with Crippen LogP contribution < -0.4 is 38.4 Å². The van der Waals surface area contributed by atoms with E-state index in [9.17, 15) is 0 Å². The average Bonchev–Trinajstić information content (AvgIpc) is 1.12. The predicted octanol–water partition coefficient (Wildman–Crippen LogP) is -11.0. The minimum atomic E-state index is -5.61. The van der Waals surface area contributed by atoms with Crippen LogP contribution in [0.3, 0.4) is 0 Å². The van der Waals surface area contributed by atoms with E-state index in [0.29, 0.717) is 0 Å². The summed E-state index contributed by atoms with van der Waals surface area (Å²) in [5.41, 5.74) is 0. The largest absolute Gasteiger partial charge is 4.00 e. The summed E-state index contributed by atoms with van der Waals surface area (Å²) in [6.45, 7) is 0. The summed E-state index contributed by atoms with van der Waals surface area (Å²) in [5, 5.41) is 0. The van der Waals surface area contributed by atoms with Gasteiger partial charge < -0.3 is 56.5 Å². The third kappa shape index (κ3) is 337. The van der Waals surface area contributed by atoms with Gasteiger partial charge in [-0.3, -0.25) is 0 Å². The van der Waals surface area contributed by atoms with Crippen LogP contribution >= 0.6 is 0 Å². The third-order valence-corrected chi connectivity index (χ3v) is 0. The molecule has 0 radical (unpaired) electrons. The Morgan fingerprint density at radius 1 is 0.462 bits per heavy atom. The van der Waals surface area contributed by atoms with Crippen molar-refractivity contribution < 1.29 is 38.4 Å². The van der Waals surface area contributed by atoms with Gasteiger partial charge in [-0.25, -0.2) is 0 Å². The fraction of sp³-hybridized carbons (Fsp3) is 0. The van der Waals surface area contributed by atoms with Crippen molar-refractivity contribution in [2.75, 3.05) is 0 Å². The van der Waals surface area contributed by atoms with Crippen molar-refractivity contribution in [1.82, 2.24) is 0 Å². The number of hydrogen-bond acceptors (Lipinski definition) is 8. The van der Waals surface area contributed by atoms with Crippen LogP contribution in [0, 0.1) is 7.43 Å². The molecule has 0 rings (SSSR count). The molecule has 13 heavy (non-hydrogen) atoms. The van der Waals surface area contributed by atoms with Crippen molar-refractivity contribution in [3.8, 4) is 0 Å². The molecule has 0 spiro atoms. The Balaban J connectivity index is -0.0000000267. The Morgan fingerprint density at radius 3 is 0.462 bits per heavy atom. The second kappa shape index (κ2) is 12.7. The molecule has 0 fully saturated rings. The first-order chi connectivity index (χ1) is 4.00.